The van der Waals surface area contributed by atoms with Crippen molar-refractivity contribution in [1.29, 1.82) is 0 Å². The van der Waals surface area contributed by atoms with E-state index < -0.39 is 28.7 Å². The van der Waals surface area contributed by atoms with Gasteiger partial charge in [0.2, 0.25) is 0 Å². The Labute approximate surface area is 242 Å². The second-order valence-electron chi connectivity index (χ2n) is 11.0. The van der Waals surface area contributed by atoms with Crippen LogP contribution in [0, 0.1) is 23.3 Å². The Morgan fingerprint density at radius 1 is 0.512 bits per heavy atom. The standard InChI is InChI=1S/C25H22F4N2.2C5H10/c1-3-25(4-2,21-17(26)9-11-19(23(21)28)30-13-5-6-14-30)22-18(27)10-12-20(24(22)29)31-15-7-8-16-31;2*1-2-4-5-3-1/h5-16H,3-4H2,1-2H3;2*1-5H2. The van der Waals surface area contributed by atoms with Gasteiger partial charge in [0.1, 0.15) is 11.6 Å². The molecule has 0 atom stereocenters. The highest BCUT2D eigenvalue weighted by Gasteiger charge is 2.42. The van der Waals surface area contributed by atoms with E-state index in [1.807, 2.05) is 0 Å². The maximum Gasteiger partial charge on any atom is 0.154 e. The Morgan fingerprint density at radius 3 is 1.07 bits per heavy atom. The summed E-state index contributed by atoms with van der Waals surface area (Å²) in [5.74, 6) is -3.32. The molecule has 0 aliphatic heterocycles. The quantitative estimate of drug-likeness (QED) is 0.205. The monoisotopic (exact) mass is 566 g/mol. The minimum Gasteiger partial charge on any atom is -0.321 e. The molecule has 2 fully saturated rings. The van der Waals surface area contributed by atoms with Gasteiger partial charge in [0.15, 0.2) is 11.6 Å². The SMILES string of the molecule is C1CCCC1.C1CCCC1.CCC(CC)(c1c(F)ccc(-n2cccc2)c1F)c1c(F)ccc(-n2cccc2)c1F. The third-order valence-corrected chi connectivity index (χ3v) is 8.57. The normalized spacial score (nSPS) is 14.8. The highest BCUT2D eigenvalue weighted by molar-refractivity contribution is 5.51. The molecule has 6 rings (SSSR count). The van der Waals surface area contributed by atoms with Crippen LogP contribution in [0.25, 0.3) is 11.4 Å². The van der Waals surface area contributed by atoms with Crippen LogP contribution in [0.15, 0.2) is 73.3 Å². The number of hydrogen-bond acceptors (Lipinski definition) is 0. The van der Waals surface area contributed by atoms with Crippen molar-refractivity contribution in [1.82, 2.24) is 9.13 Å². The maximum absolute atomic E-state index is 15.8. The fraction of sp³-hybridized carbons (Fsp3) is 0.429. The molecule has 0 radical (unpaired) electrons. The molecule has 2 aromatic carbocycles. The van der Waals surface area contributed by atoms with Crippen LogP contribution in [0.2, 0.25) is 0 Å². The van der Waals surface area contributed by atoms with Gasteiger partial charge in [-0.1, -0.05) is 78.1 Å². The topological polar surface area (TPSA) is 9.86 Å². The van der Waals surface area contributed by atoms with Crippen LogP contribution in [0.5, 0.6) is 0 Å². The molecular formula is C35H42F4N2. The van der Waals surface area contributed by atoms with E-state index in [0.29, 0.717) is 0 Å². The third-order valence-electron chi connectivity index (χ3n) is 8.57. The van der Waals surface area contributed by atoms with Gasteiger partial charge >= 0.3 is 0 Å². The van der Waals surface area contributed by atoms with E-state index in [9.17, 15) is 0 Å². The molecule has 0 amide bonds. The van der Waals surface area contributed by atoms with Gasteiger partial charge in [-0.25, -0.2) is 17.6 Å². The van der Waals surface area contributed by atoms with Crippen molar-refractivity contribution >= 4 is 0 Å². The third kappa shape index (κ3) is 6.79. The summed E-state index contributed by atoms with van der Waals surface area (Å²) >= 11 is 0. The second kappa shape index (κ2) is 14.6. The molecule has 4 aromatic rings. The first-order chi connectivity index (χ1) is 19.9. The molecule has 0 bridgehead atoms. The van der Waals surface area contributed by atoms with Crippen molar-refractivity contribution in [3.05, 3.63) is 108 Å². The van der Waals surface area contributed by atoms with E-state index in [-0.39, 0.29) is 35.3 Å². The van der Waals surface area contributed by atoms with Crippen molar-refractivity contribution in [2.75, 3.05) is 0 Å². The molecule has 2 aliphatic rings. The molecule has 2 saturated carbocycles. The van der Waals surface area contributed by atoms with Crippen molar-refractivity contribution in [3.8, 4) is 11.4 Å². The average molecular weight is 567 g/mol. The summed E-state index contributed by atoms with van der Waals surface area (Å²) in [6.07, 6.45) is 21.7. The summed E-state index contributed by atoms with van der Waals surface area (Å²) in [6.45, 7) is 3.37. The molecule has 41 heavy (non-hydrogen) atoms. The Bertz CT molecular complexity index is 1230. The Morgan fingerprint density at radius 2 is 0.805 bits per heavy atom. The zero-order valence-electron chi connectivity index (χ0n) is 24.3. The fourth-order valence-electron chi connectivity index (χ4n) is 6.20. The Balaban J connectivity index is 0.000000324. The van der Waals surface area contributed by atoms with Crippen molar-refractivity contribution in [2.24, 2.45) is 0 Å². The lowest BCUT2D eigenvalue weighted by atomic mass is 9.69. The molecule has 6 heteroatoms. The Hall–Kier alpha value is -3.28. The largest absolute Gasteiger partial charge is 0.321 e. The average Bonchev–Trinajstić information content (AvgIpc) is 3.82. The van der Waals surface area contributed by atoms with E-state index in [1.165, 1.54) is 85.5 Å². The van der Waals surface area contributed by atoms with Gasteiger partial charge in [-0.05, 0) is 61.4 Å². The number of rotatable bonds is 6. The number of nitrogens with zero attached hydrogens (tertiary/aromatic N) is 2. The van der Waals surface area contributed by atoms with E-state index in [1.54, 1.807) is 62.9 Å². The lowest BCUT2D eigenvalue weighted by molar-refractivity contribution is 0.383. The number of halogens is 4. The molecular weight excluding hydrogens is 524 g/mol. The maximum atomic E-state index is 15.8. The van der Waals surface area contributed by atoms with Gasteiger partial charge in [-0.2, -0.15) is 0 Å². The molecule has 0 spiro atoms. The van der Waals surface area contributed by atoms with Crippen LogP contribution in [0.4, 0.5) is 17.6 Å². The van der Waals surface area contributed by atoms with Gasteiger partial charge in [-0.3, -0.25) is 0 Å². The van der Waals surface area contributed by atoms with Crippen LogP contribution in [-0.2, 0) is 5.41 Å². The predicted molar refractivity (Wildman–Crippen MR) is 159 cm³/mol. The van der Waals surface area contributed by atoms with Crippen LogP contribution >= 0.6 is 0 Å². The highest BCUT2D eigenvalue weighted by atomic mass is 19.1. The first-order valence-electron chi connectivity index (χ1n) is 15.2. The minimum atomic E-state index is -1.53. The number of benzene rings is 2. The minimum absolute atomic E-state index is 0.107. The lowest BCUT2D eigenvalue weighted by Crippen LogP contribution is -2.32. The zero-order valence-corrected chi connectivity index (χ0v) is 24.3. The van der Waals surface area contributed by atoms with Gasteiger partial charge in [-0.15, -0.1) is 0 Å². The molecule has 0 N–H and O–H groups in total. The smallest absolute Gasteiger partial charge is 0.154 e. The first-order valence-corrected chi connectivity index (χ1v) is 15.2. The van der Waals surface area contributed by atoms with E-state index in [0.717, 1.165) is 12.1 Å². The highest BCUT2D eigenvalue weighted by Crippen LogP contribution is 2.45. The van der Waals surface area contributed by atoms with Gasteiger partial charge < -0.3 is 9.13 Å². The van der Waals surface area contributed by atoms with Gasteiger partial charge in [0.05, 0.1) is 11.4 Å². The molecule has 2 aliphatic carbocycles. The van der Waals surface area contributed by atoms with E-state index in [4.69, 9.17) is 0 Å². The summed E-state index contributed by atoms with van der Waals surface area (Å²) < 4.78 is 64.9. The van der Waals surface area contributed by atoms with Crippen molar-refractivity contribution in [3.63, 3.8) is 0 Å². The molecule has 0 unspecified atom stereocenters. The second-order valence-corrected chi connectivity index (χ2v) is 11.0. The lowest BCUT2D eigenvalue weighted by Gasteiger charge is -2.35. The summed E-state index contributed by atoms with van der Waals surface area (Å²) in [5, 5.41) is 0. The summed E-state index contributed by atoms with van der Waals surface area (Å²) in [5.41, 5.74) is -1.95. The molecule has 0 saturated heterocycles. The zero-order chi connectivity index (χ0) is 29.2. The van der Waals surface area contributed by atoms with Crippen LogP contribution in [0.1, 0.15) is 102 Å². The van der Waals surface area contributed by atoms with E-state index in [2.05, 4.69) is 0 Å². The first kappa shape index (κ1) is 30.7. The fourth-order valence-corrected chi connectivity index (χ4v) is 6.20. The number of hydrogen-bond donors (Lipinski definition) is 0. The molecule has 2 aromatic heterocycles. The van der Waals surface area contributed by atoms with Gasteiger partial charge in [0.25, 0.3) is 0 Å². The van der Waals surface area contributed by atoms with E-state index >= 15 is 17.6 Å². The van der Waals surface area contributed by atoms with Gasteiger partial charge in [0, 0.05) is 41.3 Å². The summed E-state index contributed by atoms with van der Waals surface area (Å²) in [4.78, 5) is 0. The van der Waals surface area contributed by atoms with Crippen LogP contribution in [0.3, 0.4) is 0 Å². The number of aromatic nitrogens is 2. The summed E-state index contributed by atoms with van der Waals surface area (Å²) in [7, 11) is 0. The van der Waals surface area contributed by atoms with Crippen molar-refractivity contribution in [2.45, 2.75) is 96.3 Å². The molecule has 220 valence electrons. The predicted octanol–water partition coefficient (Wildman–Crippen LogP) is 10.8. The van der Waals surface area contributed by atoms with Crippen molar-refractivity contribution < 1.29 is 17.6 Å². The van der Waals surface area contributed by atoms with Crippen LogP contribution < -0.4 is 0 Å². The summed E-state index contributed by atoms with van der Waals surface area (Å²) in [6, 6.07) is 11.8. The van der Waals surface area contributed by atoms with Crippen LogP contribution in [-0.4, -0.2) is 9.13 Å². The molecule has 2 nitrogen and oxygen atoms in total. The molecule has 2 heterocycles. The Kier molecular flexibility index (Phi) is 10.9.